The molecule has 1 aliphatic carbocycles. The van der Waals surface area contributed by atoms with Gasteiger partial charge in [0.05, 0.1) is 7.11 Å². The normalized spacial score (nSPS) is 21.8. The van der Waals surface area contributed by atoms with Crippen LogP contribution in [0.2, 0.25) is 0 Å². The molecule has 18 heavy (non-hydrogen) atoms. The molecule has 0 radical (unpaired) electrons. The van der Waals surface area contributed by atoms with Crippen molar-refractivity contribution in [2.75, 3.05) is 7.11 Å². The molecule has 0 aliphatic heterocycles. The van der Waals surface area contributed by atoms with Crippen molar-refractivity contribution in [2.24, 2.45) is 11.3 Å². The molecule has 0 bridgehead atoms. The molecule has 2 rings (SSSR count). The van der Waals surface area contributed by atoms with Crippen molar-refractivity contribution in [3.63, 3.8) is 0 Å². The van der Waals surface area contributed by atoms with Crippen molar-refractivity contribution in [2.45, 2.75) is 39.5 Å². The number of hydrogen-bond acceptors (Lipinski definition) is 2. The summed E-state index contributed by atoms with van der Waals surface area (Å²) in [5.41, 5.74) is 1.23. The fraction of sp³-hybridized carbons (Fsp3) is 0.562. The molecule has 1 fully saturated rings. The highest BCUT2D eigenvalue weighted by atomic mass is 16.5. The summed E-state index contributed by atoms with van der Waals surface area (Å²) < 4.78 is 5.19. The Bertz CT molecular complexity index is 434. The Morgan fingerprint density at radius 3 is 2.83 bits per heavy atom. The molecule has 1 unspecified atom stereocenters. The molecule has 0 saturated heterocycles. The molecule has 0 spiro atoms. The van der Waals surface area contributed by atoms with Crippen molar-refractivity contribution in [3.05, 3.63) is 29.8 Å². The number of ketones is 1. The van der Waals surface area contributed by atoms with Crippen LogP contribution in [0.15, 0.2) is 24.3 Å². The third-order valence-corrected chi connectivity index (χ3v) is 4.16. The van der Waals surface area contributed by atoms with E-state index in [4.69, 9.17) is 4.74 Å². The lowest BCUT2D eigenvalue weighted by molar-refractivity contribution is -0.124. The number of ether oxygens (including phenoxy) is 1. The highest BCUT2D eigenvalue weighted by molar-refractivity contribution is 5.84. The van der Waals surface area contributed by atoms with Crippen LogP contribution >= 0.6 is 0 Å². The van der Waals surface area contributed by atoms with Crippen molar-refractivity contribution >= 4 is 5.78 Å². The average molecular weight is 246 g/mol. The van der Waals surface area contributed by atoms with Crippen LogP contribution in [-0.2, 0) is 11.2 Å². The summed E-state index contributed by atoms with van der Waals surface area (Å²) in [6, 6.07) is 7.82. The van der Waals surface area contributed by atoms with Crippen molar-refractivity contribution < 1.29 is 9.53 Å². The summed E-state index contributed by atoms with van der Waals surface area (Å²) in [5, 5.41) is 0. The lowest BCUT2D eigenvalue weighted by atomic mass is 9.78. The van der Waals surface area contributed by atoms with E-state index in [9.17, 15) is 4.79 Å². The molecule has 98 valence electrons. The largest absolute Gasteiger partial charge is 0.497 e. The zero-order valence-electron chi connectivity index (χ0n) is 11.5. The molecule has 0 amide bonds. The Morgan fingerprint density at radius 1 is 1.44 bits per heavy atom. The molecule has 0 N–H and O–H groups in total. The van der Waals surface area contributed by atoms with Crippen LogP contribution in [-0.4, -0.2) is 12.9 Å². The minimum absolute atomic E-state index is 0.177. The molecule has 0 aromatic heterocycles. The summed E-state index contributed by atoms with van der Waals surface area (Å²) in [5.74, 6) is 1.43. The van der Waals surface area contributed by atoms with Gasteiger partial charge in [0.15, 0.2) is 0 Å². The fourth-order valence-corrected chi connectivity index (χ4v) is 3.03. The van der Waals surface area contributed by atoms with Gasteiger partial charge in [-0.1, -0.05) is 32.4 Å². The molecular weight excluding hydrogens is 224 g/mol. The maximum absolute atomic E-state index is 12.4. The zero-order chi connectivity index (χ0) is 13.2. The van der Waals surface area contributed by atoms with Gasteiger partial charge < -0.3 is 4.74 Å². The summed E-state index contributed by atoms with van der Waals surface area (Å²) in [6.45, 7) is 4.43. The maximum atomic E-state index is 12.4. The second-order valence-corrected chi connectivity index (χ2v) is 5.93. The van der Waals surface area contributed by atoms with Gasteiger partial charge in [0.25, 0.3) is 0 Å². The first-order chi connectivity index (χ1) is 8.53. The standard InChI is InChI=1S/C16H22O2/c1-16(2)9-5-8-14(16)15(17)11-12-6-4-7-13(10-12)18-3/h4,6-7,10,14H,5,8-9,11H2,1-3H3. The molecule has 2 nitrogen and oxygen atoms in total. The minimum atomic E-state index is 0.177. The topological polar surface area (TPSA) is 26.3 Å². The third kappa shape index (κ3) is 2.74. The van der Waals surface area contributed by atoms with Gasteiger partial charge in [-0.05, 0) is 36.0 Å². The summed E-state index contributed by atoms with van der Waals surface area (Å²) in [4.78, 5) is 12.4. The van der Waals surface area contributed by atoms with Crippen LogP contribution in [0, 0.1) is 11.3 Å². The van der Waals surface area contributed by atoms with Gasteiger partial charge in [-0.15, -0.1) is 0 Å². The van der Waals surface area contributed by atoms with E-state index in [1.54, 1.807) is 7.11 Å². The van der Waals surface area contributed by atoms with Crippen molar-refractivity contribution in [1.29, 1.82) is 0 Å². The Balaban J connectivity index is 2.07. The highest BCUT2D eigenvalue weighted by Gasteiger charge is 2.38. The Labute approximate surface area is 109 Å². The van der Waals surface area contributed by atoms with E-state index in [1.165, 1.54) is 12.8 Å². The number of carbonyl (C=O) groups is 1. The fourth-order valence-electron chi connectivity index (χ4n) is 3.03. The lowest BCUT2D eigenvalue weighted by Crippen LogP contribution is -2.27. The quantitative estimate of drug-likeness (QED) is 0.811. The molecule has 1 saturated carbocycles. The molecule has 2 heteroatoms. The smallest absolute Gasteiger partial charge is 0.140 e. The van der Waals surface area contributed by atoms with E-state index in [-0.39, 0.29) is 11.3 Å². The third-order valence-electron chi connectivity index (χ3n) is 4.16. The first kappa shape index (κ1) is 13.1. The SMILES string of the molecule is COc1cccc(CC(=O)C2CCCC2(C)C)c1. The lowest BCUT2D eigenvalue weighted by Gasteiger charge is -2.25. The number of rotatable bonds is 4. The van der Waals surface area contributed by atoms with E-state index < -0.39 is 0 Å². The van der Waals surface area contributed by atoms with Gasteiger partial charge in [0, 0.05) is 12.3 Å². The highest BCUT2D eigenvalue weighted by Crippen LogP contribution is 2.43. The van der Waals surface area contributed by atoms with Gasteiger partial charge in [-0.3, -0.25) is 4.79 Å². The number of methoxy groups -OCH3 is 1. The van der Waals surface area contributed by atoms with Crippen LogP contribution in [0.5, 0.6) is 5.75 Å². The van der Waals surface area contributed by atoms with Gasteiger partial charge >= 0.3 is 0 Å². The summed E-state index contributed by atoms with van der Waals surface area (Å²) in [7, 11) is 1.65. The van der Waals surface area contributed by atoms with Crippen LogP contribution in [0.3, 0.4) is 0 Å². The average Bonchev–Trinajstić information content (AvgIpc) is 2.69. The molecular formula is C16H22O2. The zero-order valence-corrected chi connectivity index (χ0v) is 11.5. The minimum Gasteiger partial charge on any atom is -0.497 e. The van der Waals surface area contributed by atoms with Crippen LogP contribution in [0.25, 0.3) is 0 Å². The molecule has 1 aliphatic rings. The second-order valence-electron chi connectivity index (χ2n) is 5.93. The Hall–Kier alpha value is -1.31. The predicted molar refractivity (Wildman–Crippen MR) is 72.8 cm³/mol. The number of Topliss-reactive ketones (excluding diaryl/α,β-unsaturated/α-hetero) is 1. The van der Waals surface area contributed by atoms with Crippen LogP contribution in [0.1, 0.15) is 38.7 Å². The van der Waals surface area contributed by atoms with E-state index >= 15 is 0 Å². The second kappa shape index (κ2) is 5.13. The summed E-state index contributed by atoms with van der Waals surface area (Å²) >= 11 is 0. The maximum Gasteiger partial charge on any atom is 0.140 e. The number of hydrogen-bond donors (Lipinski definition) is 0. The van der Waals surface area contributed by atoms with E-state index in [2.05, 4.69) is 13.8 Å². The van der Waals surface area contributed by atoms with Gasteiger partial charge in [-0.2, -0.15) is 0 Å². The number of carbonyl (C=O) groups excluding carboxylic acids is 1. The first-order valence-electron chi connectivity index (χ1n) is 6.68. The van der Waals surface area contributed by atoms with E-state index in [0.29, 0.717) is 12.2 Å². The Morgan fingerprint density at radius 2 is 2.22 bits per heavy atom. The monoisotopic (exact) mass is 246 g/mol. The molecule has 1 aromatic carbocycles. The van der Waals surface area contributed by atoms with E-state index in [0.717, 1.165) is 17.7 Å². The molecule has 1 aromatic rings. The number of benzene rings is 1. The first-order valence-corrected chi connectivity index (χ1v) is 6.68. The Kier molecular flexibility index (Phi) is 3.74. The van der Waals surface area contributed by atoms with Gasteiger partial charge in [0.1, 0.15) is 11.5 Å². The van der Waals surface area contributed by atoms with Crippen molar-refractivity contribution in [3.8, 4) is 5.75 Å². The van der Waals surface area contributed by atoms with Crippen LogP contribution in [0.4, 0.5) is 0 Å². The molecule has 0 heterocycles. The van der Waals surface area contributed by atoms with E-state index in [1.807, 2.05) is 24.3 Å². The predicted octanol–water partition coefficient (Wildman–Crippen LogP) is 3.63. The molecule has 1 atom stereocenters. The van der Waals surface area contributed by atoms with Gasteiger partial charge in [-0.25, -0.2) is 0 Å². The summed E-state index contributed by atoms with van der Waals surface area (Å²) in [6.07, 6.45) is 3.93. The van der Waals surface area contributed by atoms with Gasteiger partial charge in [0.2, 0.25) is 0 Å². The van der Waals surface area contributed by atoms with Crippen molar-refractivity contribution in [1.82, 2.24) is 0 Å². The van der Waals surface area contributed by atoms with Crippen LogP contribution < -0.4 is 4.74 Å².